The highest BCUT2D eigenvalue weighted by atomic mass is 32.1. The summed E-state index contributed by atoms with van der Waals surface area (Å²) in [5.41, 5.74) is 10.8. The van der Waals surface area contributed by atoms with Crippen LogP contribution < -0.4 is 27.4 Å². The molecule has 0 aliphatic rings. The van der Waals surface area contributed by atoms with Crippen LogP contribution in [-0.4, -0.2) is 64.6 Å². The van der Waals surface area contributed by atoms with E-state index in [0.29, 0.717) is 6.42 Å². The fourth-order valence-electron chi connectivity index (χ4n) is 2.63. The van der Waals surface area contributed by atoms with Crippen molar-refractivity contribution in [3.05, 3.63) is 0 Å². The van der Waals surface area contributed by atoms with Crippen LogP contribution in [0.3, 0.4) is 0 Å². The Kier molecular flexibility index (Phi) is 12.8. The van der Waals surface area contributed by atoms with E-state index >= 15 is 0 Å². The van der Waals surface area contributed by atoms with Gasteiger partial charge in [-0.25, -0.2) is 4.79 Å². The summed E-state index contributed by atoms with van der Waals surface area (Å²) in [6.45, 7) is 6.81. The molecule has 178 valence electrons. The van der Waals surface area contributed by atoms with E-state index in [2.05, 4.69) is 28.6 Å². The van der Waals surface area contributed by atoms with Crippen molar-refractivity contribution in [3.8, 4) is 0 Å². The topological polar surface area (TPSA) is 194 Å². The zero-order valence-corrected chi connectivity index (χ0v) is 19.3. The number of thiol groups is 1. The summed E-state index contributed by atoms with van der Waals surface area (Å²) in [5, 5.41) is 16.7. The molecule has 0 bridgehead atoms. The van der Waals surface area contributed by atoms with Crippen LogP contribution in [0.5, 0.6) is 0 Å². The number of primary amides is 1. The zero-order valence-electron chi connectivity index (χ0n) is 18.4. The largest absolute Gasteiger partial charge is 0.480 e. The third kappa shape index (κ3) is 10.0. The van der Waals surface area contributed by atoms with Crippen LogP contribution in [0.1, 0.15) is 47.0 Å². The van der Waals surface area contributed by atoms with E-state index < -0.39 is 59.7 Å². The van der Waals surface area contributed by atoms with Crippen LogP contribution in [0.4, 0.5) is 0 Å². The van der Waals surface area contributed by atoms with Crippen molar-refractivity contribution in [1.29, 1.82) is 0 Å². The van der Waals surface area contributed by atoms with Gasteiger partial charge in [0.1, 0.15) is 18.1 Å². The van der Waals surface area contributed by atoms with E-state index in [-0.39, 0.29) is 24.5 Å². The predicted octanol–water partition coefficient (Wildman–Crippen LogP) is -1.25. The van der Waals surface area contributed by atoms with Crippen molar-refractivity contribution in [2.45, 2.75) is 71.1 Å². The molecule has 0 spiro atoms. The molecule has 11 nitrogen and oxygen atoms in total. The molecule has 0 aliphatic carbocycles. The van der Waals surface area contributed by atoms with Crippen LogP contribution in [0.2, 0.25) is 0 Å². The summed E-state index contributed by atoms with van der Waals surface area (Å²) >= 11 is 3.97. The molecule has 0 heterocycles. The number of hydrogen-bond acceptors (Lipinski definition) is 7. The number of aliphatic carboxylic acids is 1. The Balaban J connectivity index is 5.58. The maximum absolute atomic E-state index is 12.9. The molecule has 0 aromatic rings. The quantitative estimate of drug-likeness (QED) is 0.157. The Morgan fingerprint density at radius 3 is 1.90 bits per heavy atom. The SMILES string of the molecule is CCC(C)C(NC(=O)C(N)CS)C(=O)NC(CCC(N)=O)C(=O)NC(C(=O)O)C(C)C. The van der Waals surface area contributed by atoms with Crippen LogP contribution in [0.15, 0.2) is 0 Å². The van der Waals surface area contributed by atoms with Gasteiger partial charge in [0.25, 0.3) is 0 Å². The molecule has 31 heavy (non-hydrogen) atoms. The number of hydrogen-bond donors (Lipinski definition) is 7. The molecule has 8 N–H and O–H groups in total. The summed E-state index contributed by atoms with van der Waals surface area (Å²) in [4.78, 5) is 60.4. The van der Waals surface area contributed by atoms with Crippen molar-refractivity contribution in [2.24, 2.45) is 23.3 Å². The van der Waals surface area contributed by atoms with Crippen molar-refractivity contribution < 1.29 is 29.1 Å². The predicted molar refractivity (Wildman–Crippen MR) is 118 cm³/mol. The molecule has 5 atom stereocenters. The van der Waals surface area contributed by atoms with Gasteiger partial charge in [0.05, 0.1) is 6.04 Å². The van der Waals surface area contributed by atoms with Gasteiger partial charge in [0.15, 0.2) is 0 Å². The molecular weight excluding hydrogens is 426 g/mol. The first kappa shape index (κ1) is 28.7. The van der Waals surface area contributed by atoms with Gasteiger partial charge in [-0.1, -0.05) is 34.1 Å². The van der Waals surface area contributed by atoms with E-state index in [0.717, 1.165) is 0 Å². The van der Waals surface area contributed by atoms with Gasteiger partial charge in [-0.2, -0.15) is 12.6 Å². The molecule has 0 aliphatic heterocycles. The van der Waals surface area contributed by atoms with Crippen LogP contribution in [-0.2, 0) is 24.0 Å². The molecule has 4 amide bonds. The van der Waals surface area contributed by atoms with Crippen LogP contribution in [0, 0.1) is 11.8 Å². The smallest absolute Gasteiger partial charge is 0.326 e. The Morgan fingerprint density at radius 2 is 1.48 bits per heavy atom. The number of carboxylic acid groups (broad SMARTS) is 1. The maximum Gasteiger partial charge on any atom is 0.326 e. The van der Waals surface area contributed by atoms with E-state index in [1.54, 1.807) is 20.8 Å². The summed E-state index contributed by atoms with van der Waals surface area (Å²) in [6, 6.07) is -4.31. The number of carbonyl (C=O) groups is 5. The molecule has 12 heteroatoms. The molecule has 5 unspecified atom stereocenters. The number of carbonyl (C=O) groups excluding carboxylic acids is 4. The van der Waals surface area contributed by atoms with E-state index in [1.165, 1.54) is 0 Å². The van der Waals surface area contributed by atoms with Crippen molar-refractivity contribution in [1.82, 2.24) is 16.0 Å². The number of rotatable bonds is 14. The molecule has 0 saturated heterocycles. The van der Waals surface area contributed by atoms with Crippen molar-refractivity contribution in [2.75, 3.05) is 5.75 Å². The minimum atomic E-state index is -1.23. The molecule has 0 rings (SSSR count). The minimum absolute atomic E-state index is 0.0795. The lowest BCUT2D eigenvalue weighted by Crippen LogP contribution is -2.59. The zero-order chi connectivity index (χ0) is 24.3. The second kappa shape index (κ2) is 13.9. The molecule has 0 radical (unpaired) electrons. The third-order valence-electron chi connectivity index (χ3n) is 4.87. The van der Waals surface area contributed by atoms with Gasteiger partial charge in [-0.15, -0.1) is 0 Å². The first-order valence-electron chi connectivity index (χ1n) is 10.1. The summed E-state index contributed by atoms with van der Waals surface area (Å²) in [5.74, 6) is -4.53. The lowest BCUT2D eigenvalue weighted by Gasteiger charge is -2.28. The summed E-state index contributed by atoms with van der Waals surface area (Å²) in [7, 11) is 0. The summed E-state index contributed by atoms with van der Waals surface area (Å²) < 4.78 is 0. The fraction of sp³-hybridized carbons (Fsp3) is 0.737. The van der Waals surface area contributed by atoms with Gasteiger partial charge >= 0.3 is 5.97 Å². The van der Waals surface area contributed by atoms with Gasteiger partial charge in [-0.3, -0.25) is 19.2 Å². The Hall–Kier alpha value is -2.34. The molecule has 0 saturated carbocycles. The molecule has 0 fully saturated rings. The highest BCUT2D eigenvalue weighted by Crippen LogP contribution is 2.10. The highest BCUT2D eigenvalue weighted by molar-refractivity contribution is 7.80. The number of nitrogens with one attached hydrogen (secondary N) is 3. The second-order valence-corrected chi connectivity index (χ2v) is 8.16. The third-order valence-corrected chi connectivity index (χ3v) is 5.26. The highest BCUT2D eigenvalue weighted by Gasteiger charge is 2.33. The minimum Gasteiger partial charge on any atom is -0.480 e. The van der Waals surface area contributed by atoms with Gasteiger partial charge in [-0.05, 0) is 18.3 Å². The fourth-order valence-corrected chi connectivity index (χ4v) is 2.80. The number of amides is 4. The average molecular weight is 462 g/mol. The first-order valence-corrected chi connectivity index (χ1v) is 10.8. The monoisotopic (exact) mass is 461 g/mol. The lowest BCUT2D eigenvalue weighted by molar-refractivity contribution is -0.143. The normalized spacial score (nSPS) is 15.8. The van der Waals surface area contributed by atoms with Crippen LogP contribution >= 0.6 is 12.6 Å². The van der Waals surface area contributed by atoms with Gasteiger partial charge in [0.2, 0.25) is 23.6 Å². The number of nitrogens with two attached hydrogens (primary N) is 2. The van der Waals surface area contributed by atoms with Gasteiger partial charge < -0.3 is 32.5 Å². The van der Waals surface area contributed by atoms with E-state index in [9.17, 15) is 29.1 Å². The summed E-state index contributed by atoms with van der Waals surface area (Å²) in [6.07, 6.45) is 0.207. The standard InChI is InChI=1S/C19H35N5O6S/c1-5-10(4)15(24-16(26)11(20)8-31)18(28)22-12(6-7-13(21)25)17(27)23-14(9(2)3)19(29)30/h9-12,14-15,31H,5-8,20H2,1-4H3,(H2,21,25)(H,22,28)(H,23,27)(H,24,26)(H,29,30). The average Bonchev–Trinajstić information content (AvgIpc) is 2.70. The number of carboxylic acids is 1. The first-order chi connectivity index (χ1) is 14.3. The second-order valence-electron chi connectivity index (χ2n) is 7.80. The Labute approximate surface area is 187 Å². The molecule has 0 aromatic carbocycles. The van der Waals surface area contributed by atoms with E-state index in [1.807, 2.05) is 6.92 Å². The van der Waals surface area contributed by atoms with Crippen molar-refractivity contribution in [3.63, 3.8) is 0 Å². The lowest BCUT2D eigenvalue weighted by atomic mass is 9.97. The molecule has 0 aromatic heterocycles. The van der Waals surface area contributed by atoms with E-state index in [4.69, 9.17) is 11.5 Å². The Bertz CT molecular complexity index is 660. The van der Waals surface area contributed by atoms with Crippen molar-refractivity contribution >= 4 is 42.2 Å². The van der Waals surface area contributed by atoms with Crippen LogP contribution in [0.25, 0.3) is 0 Å². The Morgan fingerprint density at radius 1 is 0.935 bits per heavy atom. The molecular formula is C19H35N5O6S. The van der Waals surface area contributed by atoms with Gasteiger partial charge in [0, 0.05) is 12.2 Å². The maximum atomic E-state index is 12.9.